The van der Waals surface area contributed by atoms with Gasteiger partial charge in [0.25, 0.3) is 5.56 Å². The molecule has 15 nitrogen and oxygen atoms in total. The molecule has 16 heteroatoms. The number of H-pyrrole nitrogens is 1. The van der Waals surface area contributed by atoms with Gasteiger partial charge in [-0.1, -0.05) is 0 Å². The van der Waals surface area contributed by atoms with Crippen molar-refractivity contribution in [3.63, 3.8) is 0 Å². The van der Waals surface area contributed by atoms with E-state index in [1.54, 1.807) is 9.80 Å². The standard InChI is InChI=1S/C11H16N5O8P.2C6H15N/c1-11(19)6(17)4(2-23-25(20,21)22)24-9(11)16-3-13-5-7(16)14-10(12)15-8(5)18;2*1-4-7(5-2)6-3/h3-4,6,9,17,19H,2H2,1H3,(H2,20,21,22)(H3,12,14,15,18);2*4-6H2,1-3H3/p+2/t4-,6+,9-,11?;;/m1../s1. The first kappa shape index (κ1) is 35.1. The largest absolute Gasteiger partial charge is 0.469 e. The second-order valence-corrected chi connectivity index (χ2v) is 10.6. The molecule has 3 rings (SSSR count). The molecule has 0 aromatic carbocycles. The number of fused-ring (bicyclic) bond motifs is 1. The second kappa shape index (κ2) is 15.7. The predicted octanol–water partition coefficient (Wildman–Crippen LogP) is -2.32. The Morgan fingerprint density at radius 2 is 1.59 bits per heavy atom. The third kappa shape index (κ3) is 9.88. The van der Waals surface area contributed by atoms with Gasteiger partial charge in [-0.3, -0.25) is 18.9 Å². The zero-order chi connectivity index (χ0) is 30.0. The van der Waals surface area contributed by atoms with Crippen molar-refractivity contribution < 1.29 is 43.6 Å². The number of ether oxygens (including phenoxy) is 1. The van der Waals surface area contributed by atoms with Crippen LogP contribution in [0.5, 0.6) is 0 Å². The van der Waals surface area contributed by atoms with E-state index in [1.807, 2.05) is 0 Å². The molecule has 9 N–H and O–H groups in total. The summed E-state index contributed by atoms with van der Waals surface area (Å²) in [5.41, 5.74) is 2.96. The molecule has 1 fully saturated rings. The van der Waals surface area contributed by atoms with E-state index < -0.39 is 44.0 Å². The minimum absolute atomic E-state index is 0.00952. The van der Waals surface area contributed by atoms with E-state index in [2.05, 4.69) is 61.0 Å². The number of phosphoric acid groups is 1. The molecule has 0 bridgehead atoms. The number of aliphatic hydroxyl groups is 2. The number of rotatable bonds is 10. The van der Waals surface area contributed by atoms with Gasteiger partial charge in [0, 0.05) is 0 Å². The van der Waals surface area contributed by atoms with Crippen LogP contribution >= 0.6 is 7.82 Å². The van der Waals surface area contributed by atoms with Crippen molar-refractivity contribution in [2.24, 2.45) is 0 Å². The zero-order valence-electron chi connectivity index (χ0n) is 24.0. The van der Waals surface area contributed by atoms with E-state index in [9.17, 15) is 19.6 Å². The van der Waals surface area contributed by atoms with Crippen molar-refractivity contribution in [3.8, 4) is 0 Å². The van der Waals surface area contributed by atoms with Gasteiger partial charge in [-0.2, -0.15) is 4.98 Å². The predicted molar refractivity (Wildman–Crippen MR) is 146 cm³/mol. The van der Waals surface area contributed by atoms with E-state index in [0.29, 0.717) is 0 Å². The van der Waals surface area contributed by atoms with Crippen molar-refractivity contribution >= 4 is 24.9 Å². The monoisotopic (exact) mass is 581 g/mol. The SMILES string of the molecule is CC1(O)[C@@H](O)[C@@H](COP(=O)(O)O)O[C@H]1n1cnc2c(=O)[nH]c(N)nc21.CC[NH+](CC)CC.CC[NH+](CC)CC. The molecule has 1 unspecified atom stereocenters. The van der Waals surface area contributed by atoms with E-state index in [0.717, 1.165) is 0 Å². The number of phosphoric ester groups is 1. The maximum Gasteiger partial charge on any atom is 0.469 e. The van der Waals surface area contributed by atoms with E-state index in [-0.39, 0.29) is 17.1 Å². The lowest BCUT2D eigenvalue weighted by Gasteiger charge is -2.27. The molecule has 2 aromatic heterocycles. The van der Waals surface area contributed by atoms with Crippen LogP contribution in [0.15, 0.2) is 11.1 Å². The molecule has 0 amide bonds. The molecule has 1 aliphatic rings. The highest BCUT2D eigenvalue weighted by Gasteiger charge is 2.54. The Kier molecular flexibility index (Phi) is 14.2. The number of aromatic nitrogens is 4. The number of nitrogens with two attached hydrogens (primary N) is 1. The summed E-state index contributed by atoms with van der Waals surface area (Å²) in [5.74, 6) is -0.182. The first-order valence-corrected chi connectivity index (χ1v) is 14.9. The summed E-state index contributed by atoms with van der Waals surface area (Å²) in [6.07, 6.45) is -2.87. The van der Waals surface area contributed by atoms with Gasteiger partial charge >= 0.3 is 7.82 Å². The lowest BCUT2D eigenvalue weighted by molar-refractivity contribution is -0.894. The molecular weight excluding hydrogens is 533 g/mol. The van der Waals surface area contributed by atoms with Crippen LogP contribution in [-0.4, -0.2) is 103 Å². The number of hydrogen-bond acceptors (Lipinski definition) is 9. The van der Waals surface area contributed by atoms with Gasteiger partial charge in [-0.15, -0.1) is 0 Å². The van der Waals surface area contributed by atoms with Crippen LogP contribution in [0.1, 0.15) is 54.7 Å². The number of quaternary nitrogens is 2. The molecule has 2 aromatic rings. The Hall–Kier alpha value is -1.94. The maximum atomic E-state index is 11.8. The van der Waals surface area contributed by atoms with E-state index >= 15 is 0 Å². The number of hydrogen-bond donors (Lipinski definition) is 8. The van der Waals surface area contributed by atoms with Gasteiger partial charge in [0.1, 0.15) is 17.8 Å². The number of nitrogens with zero attached hydrogens (tertiary/aromatic N) is 3. The molecule has 39 heavy (non-hydrogen) atoms. The van der Waals surface area contributed by atoms with Crippen molar-refractivity contribution in [3.05, 3.63) is 16.7 Å². The number of nitrogens with one attached hydrogen (secondary N) is 3. The average Bonchev–Trinajstić information content (AvgIpc) is 3.38. The summed E-state index contributed by atoms with van der Waals surface area (Å²) in [6.45, 7) is 21.6. The van der Waals surface area contributed by atoms with Crippen molar-refractivity contribution in [1.82, 2.24) is 19.5 Å². The van der Waals surface area contributed by atoms with Gasteiger partial charge < -0.3 is 40.3 Å². The number of nitrogen functional groups attached to an aromatic ring is 1. The Bertz CT molecular complexity index is 1070. The fourth-order valence-corrected chi connectivity index (χ4v) is 4.50. The maximum absolute atomic E-state index is 11.8. The van der Waals surface area contributed by atoms with Gasteiger partial charge in [-0.05, 0) is 48.5 Å². The molecule has 4 atom stereocenters. The number of anilines is 1. The van der Waals surface area contributed by atoms with Gasteiger partial charge in [0.2, 0.25) is 5.95 Å². The smallest absolute Gasteiger partial charge is 0.387 e. The third-order valence-corrected chi connectivity index (χ3v) is 7.35. The molecule has 0 aliphatic carbocycles. The highest BCUT2D eigenvalue weighted by Crippen LogP contribution is 2.42. The van der Waals surface area contributed by atoms with E-state index in [1.165, 1.54) is 57.1 Å². The Morgan fingerprint density at radius 1 is 1.10 bits per heavy atom. The zero-order valence-corrected chi connectivity index (χ0v) is 24.9. The normalized spacial score (nSPS) is 23.1. The Labute approximate surface area is 229 Å². The van der Waals surface area contributed by atoms with Crippen molar-refractivity contribution in [2.45, 2.75) is 72.5 Å². The van der Waals surface area contributed by atoms with Crippen LogP contribution in [0.4, 0.5) is 5.95 Å². The van der Waals surface area contributed by atoms with Crippen molar-refractivity contribution in [1.29, 1.82) is 0 Å². The van der Waals surface area contributed by atoms with Crippen LogP contribution in [0.3, 0.4) is 0 Å². The summed E-state index contributed by atoms with van der Waals surface area (Å²) in [5, 5.41) is 20.8. The summed E-state index contributed by atoms with van der Waals surface area (Å²) in [6, 6.07) is 0. The lowest BCUT2D eigenvalue weighted by Crippen LogP contribution is -3.11. The van der Waals surface area contributed by atoms with Crippen LogP contribution in [0.2, 0.25) is 0 Å². The number of aliphatic hydroxyl groups excluding tert-OH is 1. The summed E-state index contributed by atoms with van der Waals surface area (Å²) >= 11 is 0. The first-order valence-electron chi connectivity index (χ1n) is 13.4. The van der Waals surface area contributed by atoms with Crippen LogP contribution in [-0.2, 0) is 13.8 Å². The number of aromatic amines is 1. The number of imidazole rings is 1. The lowest BCUT2D eigenvalue weighted by atomic mass is 9.96. The minimum atomic E-state index is -4.78. The minimum Gasteiger partial charge on any atom is -0.387 e. The Balaban J connectivity index is 0.000000449. The molecule has 1 saturated heterocycles. The molecule has 0 radical (unpaired) electrons. The summed E-state index contributed by atoms with van der Waals surface area (Å²) < 4.78 is 21.8. The average molecular weight is 582 g/mol. The van der Waals surface area contributed by atoms with Crippen LogP contribution < -0.4 is 21.1 Å². The molecule has 1 aliphatic heterocycles. The van der Waals surface area contributed by atoms with Gasteiger partial charge in [-0.25, -0.2) is 9.55 Å². The highest BCUT2D eigenvalue weighted by molar-refractivity contribution is 7.46. The molecule has 0 saturated carbocycles. The Morgan fingerprint density at radius 3 is 2.00 bits per heavy atom. The fourth-order valence-electron chi connectivity index (χ4n) is 4.16. The summed E-state index contributed by atoms with van der Waals surface area (Å²) in [7, 11) is -4.78. The second-order valence-electron chi connectivity index (χ2n) is 9.38. The molecule has 226 valence electrons. The highest BCUT2D eigenvalue weighted by atomic mass is 31.2. The summed E-state index contributed by atoms with van der Waals surface area (Å²) in [4.78, 5) is 42.8. The molecule has 3 heterocycles. The van der Waals surface area contributed by atoms with Gasteiger partial charge in [0.05, 0.1) is 52.2 Å². The first-order chi connectivity index (χ1) is 18.2. The van der Waals surface area contributed by atoms with Gasteiger partial charge in [0.15, 0.2) is 17.4 Å². The third-order valence-electron chi connectivity index (χ3n) is 6.86. The van der Waals surface area contributed by atoms with Crippen LogP contribution in [0.25, 0.3) is 11.2 Å². The van der Waals surface area contributed by atoms with E-state index in [4.69, 9.17) is 20.3 Å². The van der Waals surface area contributed by atoms with Crippen LogP contribution in [0, 0.1) is 0 Å². The van der Waals surface area contributed by atoms with Crippen molar-refractivity contribution in [2.75, 3.05) is 51.6 Å². The molecule has 0 spiro atoms. The fraction of sp³-hybridized carbons (Fsp3) is 0.783. The molecular formula is C23H48N7O8P+2. The quantitative estimate of drug-likeness (QED) is 0.139. The topological polar surface area (TPSA) is 215 Å².